The average molecular weight is 466 g/mol. The summed E-state index contributed by atoms with van der Waals surface area (Å²) in [7, 11) is 1.52. The lowest BCUT2D eigenvalue weighted by Gasteiger charge is -2.13. The number of nitrogens with zero attached hydrogens (tertiary/aromatic N) is 2. The van der Waals surface area contributed by atoms with Gasteiger partial charge in [-0.1, -0.05) is 35.1 Å². The molecule has 0 spiro atoms. The standard InChI is InChI=1S/C22H19N5O3S2/c1-13-7-8-16(15(11-13)19(28)14-5-3-4-6-17(14)30-2)26-20(29)27-22-25-12-18(32-22)31-21-23-9-10-24-21/h3-12H,1-2H3,(H,23,24)(H2,25,26,27,29). The summed E-state index contributed by atoms with van der Waals surface area (Å²) < 4.78 is 6.19. The Hall–Kier alpha value is -3.63. The summed E-state index contributed by atoms with van der Waals surface area (Å²) in [6, 6.07) is 11.8. The number of aromatic amines is 1. The molecule has 3 N–H and O–H groups in total. The maximum atomic E-state index is 13.2. The van der Waals surface area contributed by atoms with Crippen LogP contribution in [0.2, 0.25) is 0 Å². The third-order valence-corrected chi connectivity index (χ3v) is 6.33. The van der Waals surface area contributed by atoms with Gasteiger partial charge in [0.1, 0.15) is 5.75 Å². The van der Waals surface area contributed by atoms with E-state index < -0.39 is 6.03 Å². The second-order valence-corrected chi connectivity index (χ2v) is 8.96. The van der Waals surface area contributed by atoms with Crippen molar-refractivity contribution in [2.75, 3.05) is 17.7 Å². The number of aryl methyl sites for hydroxylation is 1. The number of hydrogen-bond acceptors (Lipinski definition) is 7. The van der Waals surface area contributed by atoms with Gasteiger partial charge >= 0.3 is 6.03 Å². The highest BCUT2D eigenvalue weighted by molar-refractivity contribution is 8.01. The van der Waals surface area contributed by atoms with Gasteiger partial charge in [-0.25, -0.2) is 14.8 Å². The topological polar surface area (TPSA) is 109 Å². The van der Waals surface area contributed by atoms with E-state index in [1.807, 2.05) is 13.0 Å². The van der Waals surface area contributed by atoms with Crippen molar-refractivity contribution in [3.63, 3.8) is 0 Å². The highest BCUT2D eigenvalue weighted by Crippen LogP contribution is 2.32. The second kappa shape index (κ2) is 9.67. The summed E-state index contributed by atoms with van der Waals surface area (Å²) in [6.45, 7) is 1.89. The van der Waals surface area contributed by atoms with Crippen molar-refractivity contribution < 1.29 is 14.3 Å². The van der Waals surface area contributed by atoms with Gasteiger partial charge < -0.3 is 15.0 Å². The number of thiazole rings is 1. The molecule has 0 fully saturated rings. The number of anilines is 2. The molecule has 162 valence electrons. The number of ether oxygens (including phenoxy) is 1. The molecule has 2 heterocycles. The molecule has 0 saturated carbocycles. The quantitative estimate of drug-likeness (QED) is 0.323. The van der Waals surface area contributed by atoms with E-state index in [9.17, 15) is 9.59 Å². The van der Waals surface area contributed by atoms with Crippen LogP contribution in [0.15, 0.2) is 70.4 Å². The summed E-state index contributed by atoms with van der Waals surface area (Å²) in [4.78, 5) is 37.2. The van der Waals surface area contributed by atoms with Gasteiger partial charge in [-0.05, 0) is 43.0 Å². The highest BCUT2D eigenvalue weighted by Gasteiger charge is 2.19. The molecule has 4 aromatic rings. The fraction of sp³-hybridized carbons (Fsp3) is 0.0909. The van der Waals surface area contributed by atoms with Crippen LogP contribution >= 0.6 is 23.1 Å². The van der Waals surface area contributed by atoms with Gasteiger partial charge in [-0.3, -0.25) is 10.1 Å². The highest BCUT2D eigenvalue weighted by atomic mass is 32.2. The fourth-order valence-corrected chi connectivity index (χ4v) is 4.67. The third kappa shape index (κ3) is 4.98. The second-order valence-electron chi connectivity index (χ2n) is 6.64. The van der Waals surface area contributed by atoms with Crippen LogP contribution in [0.3, 0.4) is 0 Å². The molecule has 0 bridgehead atoms. The molecule has 4 rings (SSSR count). The van der Waals surface area contributed by atoms with E-state index in [0.717, 1.165) is 14.9 Å². The number of benzene rings is 2. The van der Waals surface area contributed by atoms with Crippen molar-refractivity contribution in [2.24, 2.45) is 0 Å². The molecule has 0 saturated heterocycles. The van der Waals surface area contributed by atoms with Crippen LogP contribution in [0, 0.1) is 6.92 Å². The Bertz CT molecular complexity index is 1250. The van der Waals surface area contributed by atoms with Crippen LogP contribution in [0.5, 0.6) is 5.75 Å². The Balaban J connectivity index is 1.50. The Morgan fingerprint density at radius 1 is 1.09 bits per heavy atom. The predicted octanol–water partition coefficient (Wildman–Crippen LogP) is 5.21. The minimum atomic E-state index is -0.494. The number of carbonyl (C=O) groups is 2. The van der Waals surface area contributed by atoms with Gasteiger partial charge in [0.05, 0.1) is 28.8 Å². The average Bonchev–Trinajstić information content (AvgIpc) is 3.47. The summed E-state index contributed by atoms with van der Waals surface area (Å²) in [5.41, 5.74) is 2.08. The summed E-state index contributed by atoms with van der Waals surface area (Å²) in [5.74, 6) is 0.228. The van der Waals surface area contributed by atoms with Crippen LogP contribution < -0.4 is 15.4 Å². The Kier molecular flexibility index (Phi) is 6.52. The predicted molar refractivity (Wildman–Crippen MR) is 125 cm³/mol. The van der Waals surface area contributed by atoms with Gasteiger partial charge in [0.25, 0.3) is 0 Å². The van der Waals surface area contributed by atoms with E-state index in [1.165, 1.54) is 30.2 Å². The summed E-state index contributed by atoms with van der Waals surface area (Å²) in [5, 5.41) is 6.64. The van der Waals surface area contributed by atoms with Gasteiger partial charge in [-0.2, -0.15) is 0 Å². The Labute approximate surface area is 192 Å². The molecule has 0 aliphatic heterocycles. The van der Waals surface area contributed by atoms with E-state index in [-0.39, 0.29) is 5.78 Å². The fourth-order valence-electron chi connectivity index (χ4n) is 2.95. The lowest BCUT2D eigenvalue weighted by Crippen LogP contribution is -2.21. The molecule has 0 radical (unpaired) electrons. The number of urea groups is 1. The Morgan fingerprint density at radius 3 is 2.72 bits per heavy atom. The molecule has 0 atom stereocenters. The van der Waals surface area contributed by atoms with Crippen LogP contribution in [-0.4, -0.2) is 33.9 Å². The van der Waals surface area contributed by atoms with Crippen molar-refractivity contribution in [3.05, 3.63) is 77.7 Å². The number of nitrogens with one attached hydrogen (secondary N) is 3. The zero-order chi connectivity index (χ0) is 22.5. The number of carbonyl (C=O) groups excluding carboxylic acids is 2. The van der Waals surface area contributed by atoms with Crippen LogP contribution in [0.25, 0.3) is 0 Å². The number of amides is 2. The first-order valence-corrected chi connectivity index (χ1v) is 11.2. The zero-order valence-electron chi connectivity index (χ0n) is 17.2. The van der Waals surface area contributed by atoms with Gasteiger partial charge in [0.2, 0.25) is 0 Å². The first-order valence-electron chi connectivity index (χ1n) is 9.53. The molecular weight excluding hydrogens is 446 g/mol. The first-order chi connectivity index (χ1) is 15.5. The van der Waals surface area contributed by atoms with Crippen molar-refractivity contribution >= 4 is 45.7 Å². The maximum Gasteiger partial charge on any atom is 0.325 e. The molecule has 0 aliphatic carbocycles. The van der Waals surface area contributed by atoms with E-state index >= 15 is 0 Å². The molecule has 0 unspecified atom stereocenters. The SMILES string of the molecule is COc1ccccc1C(=O)c1cc(C)ccc1NC(=O)Nc1ncc(Sc2ncc[nH]2)s1. The van der Waals surface area contributed by atoms with Crippen molar-refractivity contribution in [2.45, 2.75) is 16.3 Å². The van der Waals surface area contributed by atoms with E-state index in [0.29, 0.717) is 27.7 Å². The maximum absolute atomic E-state index is 13.2. The summed E-state index contributed by atoms with van der Waals surface area (Å²) >= 11 is 2.74. The van der Waals surface area contributed by atoms with Crippen molar-refractivity contribution in [1.29, 1.82) is 0 Å². The number of ketones is 1. The van der Waals surface area contributed by atoms with Crippen LogP contribution in [0.1, 0.15) is 21.5 Å². The monoisotopic (exact) mass is 465 g/mol. The molecular formula is C22H19N5O3S2. The molecule has 0 aliphatic rings. The number of imidazole rings is 1. The summed E-state index contributed by atoms with van der Waals surface area (Å²) in [6.07, 6.45) is 5.07. The van der Waals surface area contributed by atoms with Crippen molar-refractivity contribution in [3.8, 4) is 5.75 Å². The minimum Gasteiger partial charge on any atom is -0.496 e. The number of methoxy groups -OCH3 is 1. The van der Waals surface area contributed by atoms with E-state index in [2.05, 4.69) is 25.6 Å². The lowest BCUT2D eigenvalue weighted by molar-refractivity contribution is 0.103. The van der Waals surface area contributed by atoms with Crippen LogP contribution in [0.4, 0.5) is 15.6 Å². The van der Waals surface area contributed by atoms with Crippen LogP contribution in [-0.2, 0) is 0 Å². The first kappa shape index (κ1) is 21.6. The number of para-hydroxylation sites is 1. The normalized spacial score (nSPS) is 10.6. The van der Waals surface area contributed by atoms with E-state index in [1.54, 1.807) is 55.0 Å². The lowest BCUT2D eigenvalue weighted by atomic mass is 9.99. The van der Waals surface area contributed by atoms with Crippen molar-refractivity contribution in [1.82, 2.24) is 15.0 Å². The van der Waals surface area contributed by atoms with Gasteiger partial charge in [0, 0.05) is 18.0 Å². The van der Waals surface area contributed by atoms with E-state index in [4.69, 9.17) is 4.74 Å². The van der Waals surface area contributed by atoms with Gasteiger partial charge in [-0.15, -0.1) is 0 Å². The molecule has 2 amide bonds. The number of hydrogen-bond donors (Lipinski definition) is 3. The zero-order valence-corrected chi connectivity index (χ0v) is 18.8. The number of rotatable bonds is 7. The molecule has 2 aromatic carbocycles. The molecule has 10 heteroatoms. The number of H-pyrrole nitrogens is 1. The van der Waals surface area contributed by atoms with Gasteiger partial charge in [0.15, 0.2) is 16.1 Å². The molecule has 8 nitrogen and oxygen atoms in total. The molecule has 2 aromatic heterocycles. The largest absolute Gasteiger partial charge is 0.496 e. The third-order valence-electron chi connectivity index (χ3n) is 4.39. The minimum absolute atomic E-state index is 0.243. The number of aromatic nitrogens is 3. The molecule has 32 heavy (non-hydrogen) atoms. The Morgan fingerprint density at radius 2 is 1.94 bits per heavy atom. The smallest absolute Gasteiger partial charge is 0.325 e.